The number of hydrogen-bond acceptors (Lipinski definition) is 3. The number of nitrogens with zero attached hydrogens (tertiary/aromatic N) is 1. The van der Waals surface area contributed by atoms with E-state index in [1.165, 1.54) is 6.20 Å². The van der Waals surface area contributed by atoms with Crippen LogP contribution in [0, 0.1) is 6.92 Å². The van der Waals surface area contributed by atoms with Gasteiger partial charge >= 0.3 is 0 Å². The number of ether oxygens (including phenoxy) is 1. The van der Waals surface area contributed by atoms with E-state index in [9.17, 15) is 4.79 Å². The van der Waals surface area contributed by atoms with Crippen LogP contribution in [0.15, 0.2) is 41.0 Å². The van der Waals surface area contributed by atoms with E-state index in [2.05, 4.69) is 20.9 Å². The number of aldehydes is 1. The van der Waals surface area contributed by atoms with E-state index in [1.807, 2.05) is 25.1 Å². The van der Waals surface area contributed by atoms with Crippen molar-refractivity contribution >= 4 is 22.2 Å². The van der Waals surface area contributed by atoms with Gasteiger partial charge < -0.3 is 4.74 Å². The van der Waals surface area contributed by atoms with E-state index in [-0.39, 0.29) is 0 Å². The number of carbonyl (C=O) groups excluding carboxylic acids is 1. The van der Waals surface area contributed by atoms with E-state index in [0.717, 1.165) is 16.3 Å². The predicted octanol–water partition coefficient (Wildman–Crippen LogP) is 3.76. The van der Waals surface area contributed by atoms with Crippen LogP contribution in [-0.4, -0.2) is 11.3 Å². The first-order valence-electron chi connectivity index (χ1n) is 5.04. The van der Waals surface area contributed by atoms with Crippen LogP contribution in [0.3, 0.4) is 0 Å². The molecule has 0 saturated carbocycles. The van der Waals surface area contributed by atoms with Gasteiger partial charge in [0, 0.05) is 17.8 Å². The topological polar surface area (TPSA) is 39.2 Å². The number of halogens is 1. The zero-order valence-corrected chi connectivity index (χ0v) is 10.8. The summed E-state index contributed by atoms with van der Waals surface area (Å²) in [5.41, 5.74) is 1.67. The Morgan fingerprint density at radius 3 is 2.71 bits per heavy atom. The highest BCUT2D eigenvalue weighted by atomic mass is 79.9. The van der Waals surface area contributed by atoms with Gasteiger partial charge in [0.15, 0.2) is 6.29 Å². The molecular formula is C13H10BrNO2. The molecule has 1 heterocycles. The van der Waals surface area contributed by atoms with Gasteiger partial charge in [-0.05, 0) is 46.6 Å². The molecule has 0 amide bonds. The summed E-state index contributed by atoms with van der Waals surface area (Å²) < 4.78 is 6.46. The van der Waals surface area contributed by atoms with E-state index < -0.39 is 0 Å². The van der Waals surface area contributed by atoms with Crippen LogP contribution in [0.2, 0.25) is 0 Å². The zero-order chi connectivity index (χ0) is 12.3. The lowest BCUT2D eigenvalue weighted by molar-refractivity contribution is 0.112. The van der Waals surface area contributed by atoms with Crippen LogP contribution >= 0.6 is 15.9 Å². The van der Waals surface area contributed by atoms with Crippen LogP contribution in [-0.2, 0) is 0 Å². The third-order valence-electron chi connectivity index (χ3n) is 2.20. The van der Waals surface area contributed by atoms with Gasteiger partial charge in [-0.15, -0.1) is 0 Å². The Bertz CT molecular complexity index is 538. The van der Waals surface area contributed by atoms with Crippen molar-refractivity contribution in [2.24, 2.45) is 0 Å². The maximum atomic E-state index is 10.5. The fourth-order valence-corrected chi connectivity index (χ4v) is 1.90. The molecule has 0 bridgehead atoms. The average Bonchev–Trinajstić information content (AvgIpc) is 2.34. The van der Waals surface area contributed by atoms with Gasteiger partial charge in [-0.25, -0.2) is 4.98 Å². The molecule has 0 N–H and O–H groups in total. The molecule has 2 aromatic rings. The Hall–Kier alpha value is -1.68. The normalized spacial score (nSPS) is 10.0. The van der Waals surface area contributed by atoms with Crippen molar-refractivity contribution in [2.45, 2.75) is 6.92 Å². The highest BCUT2D eigenvalue weighted by Gasteiger charge is 2.03. The van der Waals surface area contributed by atoms with Gasteiger partial charge in [-0.1, -0.05) is 6.07 Å². The molecule has 0 aliphatic heterocycles. The Kier molecular flexibility index (Phi) is 3.54. The van der Waals surface area contributed by atoms with Gasteiger partial charge in [-0.2, -0.15) is 0 Å². The van der Waals surface area contributed by atoms with Crippen molar-refractivity contribution in [3.63, 3.8) is 0 Å². The number of pyridine rings is 1. The molecule has 1 aromatic heterocycles. The average molecular weight is 292 g/mol. The number of aromatic nitrogens is 1. The first-order chi connectivity index (χ1) is 8.19. The van der Waals surface area contributed by atoms with E-state index in [4.69, 9.17) is 4.74 Å². The third-order valence-corrected chi connectivity index (χ3v) is 2.82. The van der Waals surface area contributed by atoms with Gasteiger partial charge in [0.1, 0.15) is 5.75 Å². The van der Waals surface area contributed by atoms with Gasteiger partial charge in [0.05, 0.1) is 4.47 Å². The number of hydrogen-bond donors (Lipinski definition) is 0. The molecule has 86 valence electrons. The second kappa shape index (κ2) is 5.10. The van der Waals surface area contributed by atoms with Crippen LogP contribution in [0.5, 0.6) is 11.6 Å². The largest absolute Gasteiger partial charge is 0.438 e. The highest BCUT2D eigenvalue weighted by molar-refractivity contribution is 9.10. The standard InChI is InChI=1S/C13H10BrNO2/c1-9-2-4-12(11(14)6-9)17-13-5-3-10(8-16)7-15-13/h2-8H,1H3. The van der Waals surface area contributed by atoms with Crippen molar-refractivity contribution in [1.82, 2.24) is 4.98 Å². The molecule has 0 aliphatic carbocycles. The van der Waals surface area contributed by atoms with Crippen molar-refractivity contribution in [3.05, 3.63) is 52.1 Å². The molecule has 0 atom stereocenters. The van der Waals surface area contributed by atoms with E-state index >= 15 is 0 Å². The van der Waals surface area contributed by atoms with Crippen molar-refractivity contribution in [2.75, 3.05) is 0 Å². The quantitative estimate of drug-likeness (QED) is 0.809. The number of carbonyl (C=O) groups is 1. The SMILES string of the molecule is Cc1ccc(Oc2ccc(C=O)cn2)c(Br)c1. The molecule has 4 heteroatoms. The van der Waals surface area contributed by atoms with Gasteiger partial charge in [0.25, 0.3) is 0 Å². The molecule has 17 heavy (non-hydrogen) atoms. The minimum absolute atomic E-state index is 0.458. The molecule has 0 spiro atoms. The summed E-state index contributed by atoms with van der Waals surface area (Å²) in [7, 11) is 0. The Labute approximate surface area is 108 Å². The van der Waals surface area contributed by atoms with Crippen molar-refractivity contribution in [1.29, 1.82) is 0 Å². The molecule has 1 aromatic carbocycles. The summed E-state index contributed by atoms with van der Waals surface area (Å²) >= 11 is 3.42. The Morgan fingerprint density at radius 2 is 2.12 bits per heavy atom. The summed E-state index contributed by atoms with van der Waals surface area (Å²) in [5, 5.41) is 0. The lowest BCUT2D eigenvalue weighted by atomic mass is 10.2. The summed E-state index contributed by atoms with van der Waals surface area (Å²) in [4.78, 5) is 14.5. The number of aryl methyl sites for hydroxylation is 1. The maximum Gasteiger partial charge on any atom is 0.219 e. The molecule has 0 fully saturated rings. The minimum atomic E-state index is 0.458. The third kappa shape index (κ3) is 2.91. The molecular weight excluding hydrogens is 282 g/mol. The Morgan fingerprint density at radius 1 is 1.29 bits per heavy atom. The molecule has 0 saturated heterocycles. The fraction of sp³-hybridized carbons (Fsp3) is 0.0769. The lowest BCUT2D eigenvalue weighted by Gasteiger charge is -2.07. The smallest absolute Gasteiger partial charge is 0.219 e. The first kappa shape index (κ1) is 11.8. The van der Waals surface area contributed by atoms with Crippen molar-refractivity contribution < 1.29 is 9.53 Å². The second-order valence-corrected chi connectivity index (χ2v) is 4.44. The van der Waals surface area contributed by atoms with E-state index in [1.54, 1.807) is 12.1 Å². The lowest BCUT2D eigenvalue weighted by Crippen LogP contribution is -1.90. The highest BCUT2D eigenvalue weighted by Crippen LogP contribution is 2.29. The number of benzene rings is 1. The van der Waals surface area contributed by atoms with Gasteiger partial charge in [0.2, 0.25) is 5.88 Å². The minimum Gasteiger partial charge on any atom is -0.438 e. The number of rotatable bonds is 3. The Balaban J connectivity index is 2.22. The zero-order valence-electron chi connectivity index (χ0n) is 9.18. The van der Waals surface area contributed by atoms with Crippen LogP contribution in [0.4, 0.5) is 0 Å². The summed E-state index contributed by atoms with van der Waals surface area (Å²) in [6.07, 6.45) is 2.23. The second-order valence-electron chi connectivity index (χ2n) is 3.58. The molecule has 3 nitrogen and oxygen atoms in total. The monoisotopic (exact) mass is 291 g/mol. The van der Waals surface area contributed by atoms with Crippen LogP contribution in [0.25, 0.3) is 0 Å². The summed E-state index contributed by atoms with van der Waals surface area (Å²) in [6.45, 7) is 2.01. The predicted molar refractivity (Wildman–Crippen MR) is 68.6 cm³/mol. The maximum absolute atomic E-state index is 10.5. The summed E-state index contributed by atoms with van der Waals surface area (Å²) in [6, 6.07) is 9.12. The van der Waals surface area contributed by atoms with Crippen LogP contribution < -0.4 is 4.74 Å². The fourth-order valence-electron chi connectivity index (χ4n) is 1.32. The van der Waals surface area contributed by atoms with Crippen LogP contribution in [0.1, 0.15) is 15.9 Å². The molecule has 0 radical (unpaired) electrons. The van der Waals surface area contributed by atoms with E-state index in [0.29, 0.717) is 17.2 Å². The molecule has 2 rings (SSSR count). The summed E-state index contributed by atoms with van der Waals surface area (Å²) in [5.74, 6) is 1.15. The molecule has 0 aliphatic rings. The van der Waals surface area contributed by atoms with Crippen molar-refractivity contribution in [3.8, 4) is 11.6 Å². The molecule has 0 unspecified atom stereocenters. The van der Waals surface area contributed by atoms with Gasteiger partial charge in [-0.3, -0.25) is 4.79 Å². The first-order valence-corrected chi connectivity index (χ1v) is 5.83.